The van der Waals surface area contributed by atoms with E-state index < -0.39 is 0 Å². The maximum atomic E-state index is 11.9. The summed E-state index contributed by atoms with van der Waals surface area (Å²) in [5.74, 6) is 0.647. The van der Waals surface area contributed by atoms with Gasteiger partial charge in [0.2, 0.25) is 5.91 Å². The topological polar surface area (TPSA) is 26.8 Å². The van der Waals surface area contributed by atoms with Gasteiger partial charge in [0.15, 0.2) is 0 Å². The van der Waals surface area contributed by atoms with Crippen LogP contribution in [0, 0.1) is 5.92 Å². The summed E-state index contributed by atoms with van der Waals surface area (Å²) in [4.78, 5) is 16.1. The Hall–Kier alpha value is 0.120. The number of hydrogen-bond donors (Lipinski definition) is 0. The largest absolute Gasteiger partial charge is 0.340 e. The van der Waals surface area contributed by atoms with Crippen LogP contribution in [0.4, 0.5) is 0 Å². The van der Waals surface area contributed by atoms with E-state index in [4.69, 9.17) is 0 Å². The Balaban J connectivity index is 1.81. The lowest BCUT2D eigenvalue weighted by Crippen LogP contribution is -2.55. The van der Waals surface area contributed by atoms with Crippen molar-refractivity contribution in [2.75, 3.05) is 46.3 Å². The molecule has 0 spiro atoms. The Morgan fingerprint density at radius 3 is 2.29 bits per heavy atom. The highest BCUT2D eigenvalue weighted by atomic mass is 127. The van der Waals surface area contributed by atoms with Gasteiger partial charge in [0.05, 0.1) is 5.92 Å². The third-order valence-corrected chi connectivity index (χ3v) is 3.91. The van der Waals surface area contributed by atoms with Crippen molar-refractivity contribution in [3.8, 4) is 0 Å². The minimum absolute atomic E-state index is 0.278. The number of rotatable bonds is 1. The number of carbonyl (C=O) groups excluding carboxylic acids is 1. The second kappa shape index (κ2) is 4.32. The predicted molar refractivity (Wildman–Crippen MR) is 63.2 cm³/mol. The van der Waals surface area contributed by atoms with Crippen LogP contribution in [0.5, 0.6) is 0 Å². The molecule has 0 aromatic carbocycles. The van der Waals surface area contributed by atoms with Crippen LogP contribution >= 0.6 is 22.9 Å². The Morgan fingerprint density at radius 1 is 1.21 bits per heavy atom. The molecule has 14 heavy (non-hydrogen) atoms. The molecule has 0 unspecified atom stereocenters. The van der Waals surface area contributed by atoms with Crippen LogP contribution < -0.4 is 0 Å². The summed E-state index contributed by atoms with van der Waals surface area (Å²) in [5.41, 5.74) is 0. The molecule has 1 amide bonds. The fourth-order valence-corrected chi connectivity index (χ4v) is 2.45. The number of hydrogen-bond acceptors (Lipinski definition) is 3. The molecule has 2 fully saturated rings. The molecule has 2 aliphatic heterocycles. The predicted octanol–water partition coefficient (Wildman–Crippen LogP) is 0.0422. The van der Waals surface area contributed by atoms with Crippen LogP contribution in [0.2, 0.25) is 0 Å². The number of carbonyl (C=O) groups is 1. The van der Waals surface area contributed by atoms with Crippen molar-refractivity contribution in [2.45, 2.75) is 0 Å². The van der Waals surface area contributed by atoms with E-state index in [1.165, 1.54) is 0 Å². The molecule has 2 aliphatic rings. The first kappa shape index (κ1) is 10.6. The van der Waals surface area contributed by atoms with E-state index in [0.717, 1.165) is 39.3 Å². The molecular formula is C9H16IN3O. The van der Waals surface area contributed by atoms with Gasteiger partial charge in [0.25, 0.3) is 0 Å². The van der Waals surface area contributed by atoms with Gasteiger partial charge in [0, 0.05) is 62.1 Å². The van der Waals surface area contributed by atoms with Gasteiger partial charge in [0.1, 0.15) is 0 Å². The molecular weight excluding hydrogens is 293 g/mol. The van der Waals surface area contributed by atoms with Crippen molar-refractivity contribution in [1.82, 2.24) is 12.9 Å². The van der Waals surface area contributed by atoms with Gasteiger partial charge in [-0.15, -0.1) is 0 Å². The highest BCUT2D eigenvalue weighted by Gasteiger charge is 2.33. The van der Waals surface area contributed by atoms with Crippen LogP contribution in [0.3, 0.4) is 0 Å². The van der Waals surface area contributed by atoms with Crippen LogP contribution in [0.25, 0.3) is 0 Å². The number of likely N-dealkylation sites (tertiary alicyclic amines) is 1. The lowest BCUT2D eigenvalue weighted by atomic mass is 9.99. The summed E-state index contributed by atoms with van der Waals surface area (Å²) in [5, 5.41) is 0. The van der Waals surface area contributed by atoms with Crippen LogP contribution in [-0.4, -0.2) is 65.1 Å². The van der Waals surface area contributed by atoms with E-state index in [1.54, 1.807) is 0 Å². The minimum atomic E-state index is 0.278. The Bertz CT molecular complexity index is 222. The van der Waals surface area contributed by atoms with Gasteiger partial charge in [-0.2, -0.15) is 0 Å². The third kappa shape index (κ3) is 2.20. The van der Waals surface area contributed by atoms with Crippen molar-refractivity contribution in [2.24, 2.45) is 5.92 Å². The van der Waals surface area contributed by atoms with E-state index in [2.05, 4.69) is 37.9 Å². The molecule has 0 atom stereocenters. The average Bonchev–Trinajstić information content (AvgIpc) is 2.13. The van der Waals surface area contributed by atoms with Crippen LogP contribution in [0.15, 0.2) is 0 Å². The molecule has 0 aromatic heterocycles. The maximum Gasteiger partial charge on any atom is 0.228 e. The van der Waals surface area contributed by atoms with Crippen LogP contribution in [0.1, 0.15) is 0 Å². The van der Waals surface area contributed by atoms with Crippen molar-refractivity contribution in [3.63, 3.8) is 0 Å². The molecule has 0 radical (unpaired) electrons. The van der Waals surface area contributed by atoms with Gasteiger partial charge in [-0.1, -0.05) is 0 Å². The molecule has 0 bridgehead atoms. The zero-order valence-electron chi connectivity index (χ0n) is 8.45. The molecule has 2 heterocycles. The summed E-state index contributed by atoms with van der Waals surface area (Å²) in [6.07, 6.45) is 0. The summed E-state index contributed by atoms with van der Waals surface area (Å²) in [6, 6.07) is 0. The van der Waals surface area contributed by atoms with Gasteiger partial charge in [-0.3, -0.25) is 4.79 Å². The monoisotopic (exact) mass is 309 g/mol. The maximum absolute atomic E-state index is 11.9. The molecule has 2 rings (SSSR count). The van der Waals surface area contributed by atoms with Crippen molar-refractivity contribution >= 4 is 28.8 Å². The molecule has 0 N–H and O–H groups in total. The second-order valence-electron chi connectivity index (χ2n) is 4.15. The first-order valence-corrected chi connectivity index (χ1v) is 6.01. The highest BCUT2D eigenvalue weighted by Crippen LogP contribution is 2.17. The molecule has 4 nitrogen and oxygen atoms in total. The number of nitrogens with zero attached hydrogens (tertiary/aromatic N) is 3. The lowest BCUT2D eigenvalue weighted by molar-refractivity contribution is -0.141. The third-order valence-electron chi connectivity index (χ3n) is 2.95. The Morgan fingerprint density at radius 2 is 1.79 bits per heavy atom. The zero-order valence-corrected chi connectivity index (χ0v) is 10.6. The first-order valence-electron chi connectivity index (χ1n) is 5.05. The van der Waals surface area contributed by atoms with Gasteiger partial charge in [-0.25, -0.2) is 3.11 Å². The SMILES string of the molecule is CN1CC(C(=O)N2CCN(I)CC2)C1. The second-order valence-corrected chi connectivity index (χ2v) is 5.52. The van der Waals surface area contributed by atoms with E-state index in [9.17, 15) is 4.79 Å². The fraction of sp³-hybridized carbons (Fsp3) is 0.889. The van der Waals surface area contributed by atoms with E-state index in [1.807, 2.05) is 4.90 Å². The molecule has 5 heteroatoms. The van der Waals surface area contributed by atoms with Crippen LogP contribution in [-0.2, 0) is 4.79 Å². The summed E-state index contributed by atoms with van der Waals surface area (Å²) >= 11 is 2.32. The van der Waals surface area contributed by atoms with Crippen molar-refractivity contribution in [1.29, 1.82) is 0 Å². The lowest BCUT2D eigenvalue weighted by Gasteiger charge is -2.40. The Labute approximate surface area is 98.7 Å². The molecule has 80 valence electrons. The van der Waals surface area contributed by atoms with Crippen molar-refractivity contribution in [3.05, 3.63) is 0 Å². The smallest absolute Gasteiger partial charge is 0.228 e. The van der Waals surface area contributed by atoms with Gasteiger partial charge in [-0.05, 0) is 7.05 Å². The summed E-state index contributed by atoms with van der Waals surface area (Å²) in [7, 11) is 2.06. The van der Waals surface area contributed by atoms with Gasteiger partial charge < -0.3 is 9.80 Å². The first-order chi connectivity index (χ1) is 6.66. The summed E-state index contributed by atoms with van der Waals surface area (Å²) < 4.78 is 2.24. The number of halogens is 1. The van der Waals surface area contributed by atoms with Gasteiger partial charge >= 0.3 is 0 Å². The van der Waals surface area contributed by atoms with E-state index in [-0.39, 0.29) is 5.92 Å². The zero-order chi connectivity index (χ0) is 10.1. The van der Waals surface area contributed by atoms with E-state index in [0.29, 0.717) is 5.91 Å². The highest BCUT2D eigenvalue weighted by molar-refractivity contribution is 14.1. The van der Waals surface area contributed by atoms with Crippen molar-refractivity contribution < 1.29 is 4.79 Å². The Kier molecular flexibility index (Phi) is 3.28. The fourth-order valence-electron chi connectivity index (χ4n) is 2.02. The number of amides is 1. The molecule has 2 saturated heterocycles. The number of piperazine rings is 1. The minimum Gasteiger partial charge on any atom is -0.340 e. The standard InChI is InChI=1S/C9H16IN3O/c1-11-6-8(7-11)9(14)12-2-4-13(10)5-3-12/h8H,2-7H2,1H3. The molecule has 0 aliphatic carbocycles. The average molecular weight is 309 g/mol. The molecule has 0 aromatic rings. The van der Waals surface area contributed by atoms with E-state index >= 15 is 0 Å². The quantitative estimate of drug-likeness (QED) is 0.506. The summed E-state index contributed by atoms with van der Waals surface area (Å²) in [6.45, 7) is 5.72. The molecule has 0 saturated carbocycles. The normalized spacial score (nSPS) is 26.3.